The molecule has 2 aromatic heterocycles. The molecule has 1 atom stereocenters. The van der Waals surface area contributed by atoms with Gasteiger partial charge >= 0.3 is 12.2 Å². The molecule has 5 rings (SSSR count). The third kappa shape index (κ3) is 3.74. The summed E-state index contributed by atoms with van der Waals surface area (Å²) < 4.78 is 52.5. The molecule has 6 nitrogen and oxygen atoms in total. The Hall–Kier alpha value is -2.68. The first-order chi connectivity index (χ1) is 14.4. The quantitative estimate of drug-likeness (QED) is 0.623. The Balaban J connectivity index is 1.50. The van der Waals surface area contributed by atoms with Gasteiger partial charge in [-0.3, -0.25) is 0 Å². The lowest BCUT2D eigenvalue weighted by molar-refractivity contribution is -0.136. The third-order valence-corrected chi connectivity index (χ3v) is 5.65. The minimum atomic E-state index is -4.50. The number of nitrogens with one attached hydrogen (secondary N) is 1. The number of alkyl halides is 3. The van der Waals surface area contributed by atoms with Crippen LogP contribution in [0.4, 0.5) is 19.2 Å². The van der Waals surface area contributed by atoms with E-state index >= 15 is 0 Å². The summed E-state index contributed by atoms with van der Waals surface area (Å²) in [6.45, 7) is 3.05. The Kier molecular flexibility index (Phi) is 4.65. The van der Waals surface area contributed by atoms with Gasteiger partial charge in [0, 0.05) is 18.5 Å². The van der Waals surface area contributed by atoms with Crippen LogP contribution >= 0.6 is 0 Å². The van der Waals surface area contributed by atoms with Crippen molar-refractivity contribution in [1.82, 2.24) is 15.2 Å². The van der Waals surface area contributed by atoms with Gasteiger partial charge in [-0.2, -0.15) is 13.2 Å². The van der Waals surface area contributed by atoms with Gasteiger partial charge < -0.3 is 14.5 Å². The van der Waals surface area contributed by atoms with Crippen LogP contribution in [0, 0.1) is 6.92 Å². The number of nitrogens with zero attached hydrogens (tertiary/aromatic N) is 3. The highest BCUT2D eigenvalue weighted by Gasteiger charge is 2.36. The van der Waals surface area contributed by atoms with Gasteiger partial charge in [0.25, 0.3) is 5.89 Å². The van der Waals surface area contributed by atoms with E-state index in [-0.39, 0.29) is 35.1 Å². The summed E-state index contributed by atoms with van der Waals surface area (Å²) in [5, 5.41) is 11.4. The Bertz CT molecular complexity index is 1090. The minimum absolute atomic E-state index is 0.0780. The van der Waals surface area contributed by atoms with Crippen molar-refractivity contribution >= 4 is 16.9 Å². The molecule has 1 unspecified atom stereocenters. The van der Waals surface area contributed by atoms with E-state index in [1.807, 2.05) is 6.07 Å². The predicted octanol–water partition coefficient (Wildman–Crippen LogP) is 5.08. The second-order valence-corrected chi connectivity index (χ2v) is 7.99. The van der Waals surface area contributed by atoms with Crippen LogP contribution in [0.3, 0.4) is 0 Å². The van der Waals surface area contributed by atoms with Gasteiger partial charge in [-0.25, -0.2) is 4.98 Å². The summed E-state index contributed by atoms with van der Waals surface area (Å²) >= 11 is 0. The van der Waals surface area contributed by atoms with Crippen LogP contribution in [0.5, 0.6) is 0 Å². The Morgan fingerprint density at radius 2 is 1.97 bits per heavy atom. The first kappa shape index (κ1) is 19.3. The van der Waals surface area contributed by atoms with E-state index in [2.05, 4.69) is 20.5 Å². The van der Waals surface area contributed by atoms with Crippen LogP contribution in [0.1, 0.15) is 48.3 Å². The molecule has 1 aliphatic carbocycles. The van der Waals surface area contributed by atoms with E-state index in [1.54, 1.807) is 13.0 Å². The molecule has 0 amide bonds. The van der Waals surface area contributed by atoms with E-state index in [0.29, 0.717) is 17.5 Å². The number of aryl methyl sites for hydroxylation is 1. The van der Waals surface area contributed by atoms with E-state index < -0.39 is 11.7 Å². The number of hydrogen-bond donors (Lipinski definition) is 1. The monoisotopic (exact) mass is 418 g/mol. The zero-order valence-corrected chi connectivity index (χ0v) is 16.4. The minimum Gasteiger partial charge on any atom is -0.402 e. The number of hydrogen-bond acceptors (Lipinski definition) is 6. The van der Waals surface area contributed by atoms with Crippen molar-refractivity contribution < 1.29 is 22.3 Å². The molecule has 1 aromatic carbocycles. The number of halogens is 3. The van der Waals surface area contributed by atoms with Crippen molar-refractivity contribution in [2.45, 2.75) is 50.8 Å². The molecule has 1 aliphatic heterocycles. The van der Waals surface area contributed by atoms with Gasteiger partial charge in [-0.05, 0) is 67.9 Å². The molecule has 3 aromatic rings. The molecule has 2 aliphatic rings. The van der Waals surface area contributed by atoms with Gasteiger partial charge in [-0.1, -0.05) is 5.10 Å². The van der Waals surface area contributed by atoms with Crippen molar-refractivity contribution in [2.24, 2.45) is 0 Å². The highest BCUT2D eigenvalue weighted by molar-refractivity contribution is 5.88. The Labute approximate surface area is 170 Å². The fraction of sp³-hybridized carbons (Fsp3) is 0.476. The van der Waals surface area contributed by atoms with Gasteiger partial charge in [0.1, 0.15) is 5.69 Å². The van der Waals surface area contributed by atoms with Crippen molar-refractivity contribution in [2.75, 3.05) is 18.5 Å². The van der Waals surface area contributed by atoms with Crippen LogP contribution < -0.4 is 5.32 Å². The average molecular weight is 418 g/mol. The number of benzene rings is 1. The molecular weight excluding hydrogens is 397 g/mol. The van der Waals surface area contributed by atoms with Gasteiger partial charge in [0.05, 0.1) is 17.2 Å². The number of fused-ring (bicyclic) bond motifs is 1. The summed E-state index contributed by atoms with van der Waals surface area (Å²) in [5.74, 6) is 0.289. The molecule has 0 bridgehead atoms. The first-order valence-corrected chi connectivity index (χ1v) is 10.1. The normalized spacial score (nSPS) is 19.5. The highest BCUT2D eigenvalue weighted by Crippen LogP contribution is 2.45. The zero-order chi connectivity index (χ0) is 20.9. The molecule has 158 valence electrons. The molecule has 30 heavy (non-hydrogen) atoms. The number of aromatic nitrogens is 3. The lowest BCUT2D eigenvalue weighted by Crippen LogP contribution is -2.18. The molecule has 2 fully saturated rings. The summed E-state index contributed by atoms with van der Waals surface area (Å²) in [7, 11) is 0. The van der Waals surface area contributed by atoms with E-state index in [0.717, 1.165) is 37.9 Å². The second kappa shape index (κ2) is 7.23. The molecule has 9 heteroatoms. The maximum absolute atomic E-state index is 13.8. The number of pyridine rings is 1. The first-order valence-electron chi connectivity index (χ1n) is 10.1. The molecule has 0 radical (unpaired) electrons. The maximum atomic E-state index is 13.8. The summed E-state index contributed by atoms with van der Waals surface area (Å²) in [4.78, 5) is 4.28. The van der Waals surface area contributed by atoms with Crippen molar-refractivity contribution in [3.05, 3.63) is 34.9 Å². The van der Waals surface area contributed by atoms with Crippen molar-refractivity contribution in [1.29, 1.82) is 0 Å². The largest absolute Gasteiger partial charge is 0.418 e. The second-order valence-electron chi connectivity index (χ2n) is 7.99. The fourth-order valence-electron chi connectivity index (χ4n) is 3.90. The predicted molar refractivity (Wildman–Crippen MR) is 104 cm³/mol. The molecule has 1 saturated carbocycles. The smallest absolute Gasteiger partial charge is 0.402 e. The zero-order valence-electron chi connectivity index (χ0n) is 16.4. The van der Waals surface area contributed by atoms with E-state index in [9.17, 15) is 13.2 Å². The standard InChI is InChI=1S/C21H21F3N4O2/c1-11-7-17(19-27-28-20(30-19)25-10-14-3-2-6-29-14)26-18-15(11)8-13(12-4-5-12)9-16(18)21(22,23)24/h7-9,12,14H,2-6,10H2,1H3,(H,25,28). The average Bonchev–Trinajstić information content (AvgIpc) is 3.22. The number of ether oxygens (including phenoxy) is 1. The Morgan fingerprint density at radius 1 is 1.13 bits per heavy atom. The molecule has 0 spiro atoms. The van der Waals surface area contributed by atoms with Crippen molar-refractivity contribution in [3.63, 3.8) is 0 Å². The molecule has 1 N–H and O–H groups in total. The lowest BCUT2D eigenvalue weighted by atomic mass is 9.98. The van der Waals surface area contributed by atoms with Gasteiger partial charge in [0.2, 0.25) is 0 Å². The number of rotatable bonds is 5. The van der Waals surface area contributed by atoms with Crippen LogP contribution in [-0.2, 0) is 10.9 Å². The summed E-state index contributed by atoms with van der Waals surface area (Å²) in [6, 6.07) is 4.95. The SMILES string of the molecule is Cc1cc(-c2nnc(NCC3CCCO3)o2)nc2c(C(F)(F)F)cc(C3CC3)cc12. The van der Waals surface area contributed by atoms with Crippen LogP contribution in [0.25, 0.3) is 22.5 Å². The van der Waals surface area contributed by atoms with Crippen LogP contribution in [0.15, 0.2) is 22.6 Å². The number of anilines is 1. The van der Waals surface area contributed by atoms with Crippen LogP contribution in [0.2, 0.25) is 0 Å². The lowest BCUT2D eigenvalue weighted by Gasteiger charge is -2.14. The summed E-state index contributed by atoms with van der Waals surface area (Å²) in [5.41, 5.74) is 0.834. The van der Waals surface area contributed by atoms with Gasteiger partial charge in [-0.15, -0.1) is 5.10 Å². The van der Waals surface area contributed by atoms with Crippen molar-refractivity contribution in [3.8, 4) is 11.6 Å². The highest BCUT2D eigenvalue weighted by atomic mass is 19.4. The fourth-order valence-corrected chi connectivity index (χ4v) is 3.90. The van der Waals surface area contributed by atoms with E-state index in [1.165, 1.54) is 6.07 Å². The van der Waals surface area contributed by atoms with Crippen LogP contribution in [-0.4, -0.2) is 34.4 Å². The molecule has 1 saturated heterocycles. The van der Waals surface area contributed by atoms with E-state index in [4.69, 9.17) is 9.15 Å². The summed E-state index contributed by atoms with van der Waals surface area (Å²) in [6.07, 6.45) is -0.567. The topological polar surface area (TPSA) is 73.1 Å². The van der Waals surface area contributed by atoms with Gasteiger partial charge in [0.15, 0.2) is 0 Å². The third-order valence-electron chi connectivity index (χ3n) is 5.65. The maximum Gasteiger partial charge on any atom is 0.418 e. The molecule has 3 heterocycles. The Morgan fingerprint density at radius 3 is 2.67 bits per heavy atom. The molecular formula is C21H21F3N4O2.